The van der Waals surface area contributed by atoms with E-state index in [1.807, 2.05) is 0 Å². The van der Waals surface area contributed by atoms with Gasteiger partial charge in [0.25, 0.3) is 0 Å². The Morgan fingerprint density at radius 1 is 1.22 bits per heavy atom. The Balaban J connectivity index is 0.00000512. The van der Waals surface area contributed by atoms with Gasteiger partial charge in [-0.25, -0.2) is 0 Å². The van der Waals surface area contributed by atoms with Crippen molar-refractivity contribution in [3.63, 3.8) is 0 Å². The maximum atomic E-state index is 13.0. The predicted octanol–water partition coefficient (Wildman–Crippen LogP) is 1.84. The topological polar surface area (TPSA) is 146 Å². The number of dihydropyridines is 1. The largest absolute Gasteiger partial charge is 0.147 e. The van der Waals surface area contributed by atoms with E-state index in [-0.39, 0.29) is 53.7 Å². The van der Waals surface area contributed by atoms with Crippen LogP contribution in [0.4, 0.5) is 5.69 Å². The quantitative estimate of drug-likeness (QED) is 0.129. The van der Waals surface area contributed by atoms with Crippen LogP contribution in [0.3, 0.4) is 0 Å². The maximum absolute atomic E-state index is 13.0. The SMILES string of the molecule is CCOC(=O)C1=C(C)NC(CN=C(N)[Se])=C(C(=O)OCC)C1c1cccc([N+](=O)[O-])c1.Cl. The number of halogens is 1. The number of non-ortho nitro benzene ring substituents is 1. The van der Waals surface area contributed by atoms with Gasteiger partial charge in [0.05, 0.1) is 0 Å². The number of carbonyl (C=O) groups is 2. The van der Waals surface area contributed by atoms with Crippen molar-refractivity contribution in [1.82, 2.24) is 5.32 Å². The number of carbonyl (C=O) groups excluding carboxylic acids is 2. The minimum absolute atomic E-state index is 0. The Morgan fingerprint density at radius 3 is 2.34 bits per heavy atom. The smallest absolute Gasteiger partial charge is 0.147 e. The van der Waals surface area contributed by atoms with Crippen molar-refractivity contribution in [1.29, 1.82) is 0 Å². The molecule has 173 valence electrons. The maximum Gasteiger partial charge on any atom is -0.147 e. The third kappa shape index (κ3) is 6.32. The van der Waals surface area contributed by atoms with Crippen molar-refractivity contribution in [3.05, 3.63) is 62.5 Å². The molecule has 0 amide bonds. The van der Waals surface area contributed by atoms with Gasteiger partial charge in [0.2, 0.25) is 0 Å². The molecule has 0 aliphatic carbocycles. The summed E-state index contributed by atoms with van der Waals surface area (Å²) >= 11 is 2.57. The summed E-state index contributed by atoms with van der Waals surface area (Å²) in [6.07, 6.45) is 0. The number of benzene rings is 1. The van der Waals surface area contributed by atoms with Crippen LogP contribution < -0.4 is 11.1 Å². The number of rotatable bonds is 8. The summed E-state index contributed by atoms with van der Waals surface area (Å²) in [5.74, 6) is -2.27. The number of ether oxygens (including phenoxy) is 2. The van der Waals surface area contributed by atoms with Crippen LogP contribution in [0.2, 0.25) is 0 Å². The third-order valence-corrected chi connectivity index (χ3v) is 4.71. The van der Waals surface area contributed by atoms with E-state index in [4.69, 9.17) is 15.2 Å². The van der Waals surface area contributed by atoms with Crippen molar-refractivity contribution in [2.45, 2.75) is 26.7 Å². The number of nitrogens with zero attached hydrogens (tertiary/aromatic N) is 2. The molecule has 1 heterocycles. The molecule has 1 aromatic carbocycles. The average molecular weight is 531 g/mol. The number of amidine groups is 1. The molecule has 1 radical (unpaired) electrons. The zero-order chi connectivity index (χ0) is 23.1. The molecule has 1 atom stereocenters. The number of nitro groups is 1. The summed E-state index contributed by atoms with van der Waals surface area (Å²) in [4.78, 5) is 40.7. The minimum atomic E-state index is -0.952. The van der Waals surface area contributed by atoms with Crippen LogP contribution in [-0.4, -0.2) is 57.4 Å². The van der Waals surface area contributed by atoms with Gasteiger partial charge in [-0.05, 0) is 0 Å². The van der Waals surface area contributed by atoms with Crippen LogP contribution in [0, 0.1) is 10.1 Å². The van der Waals surface area contributed by atoms with Crippen molar-refractivity contribution < 1.29 is 24.0 Å². The fourth-order valence-electron chi connectivity index (χ4n) is 3.26. The number of hydrogen-bond donors (Lipinski definition) is 2. The third-order valence-electron chi connectivity index (χ3n) is 4.44. The first kappa shape index (κ1) is 27.2. The average Bonchev–Trinajstić information content (AvgIpc) is 2.71. The van der Waals surface area contributed by atoms with Crippen molar-refractivity contribution in [3.8, 4) is 0 Å². The molecule has 10 nitrogen and oxygen atoms in total. The number of nitrogens with one attached hydrogen (secondary N) is 1. The van der Waals surface area contributed by atoms with E-state index >= 15 is 0 Å². The van der Waals surface area contributed by atoms with Gasteiger partial charge in [-0.15, -0.1) is 12.4 Å². The molecule has 0 saturated heterocycles. The fraction of sp³-hybridized carbons (Fsp3) is 0.350. The van der Waals surface area contributed by atoms with Gasteiger partial charge >= 0.3 is 187 Å². The van der Waals surface area contributed by atoms with Crippen molar-refractivity contribution >= 4 is 50.8 Å². The summed E-state index contributed by atoms with van der Waals surface area (Å²) < 4.78 is 10.6. The molecule has 0 fully saturated rings. The van der Waals surface area contributed by atoms with Gasteiger partial charge in [0.1, 0.15) is 0 Å². The van der Waals surface area contributed by atoms with E-state index < -0.39 is 22.8 Å². The Kier molecular flexibility index (Phi) is 10.4. The molecule has 12 heteroatoms. The van der Waals surface area contributed by atoms with E-state index in [0.29, 0.717) is 17.0 Å². The van der Waals surface area contributed by atoms with Crippen LogP contribution in [0.15, 0.2) is 51.8 Å². The molecule has 0 bridgehead atoms. The van der Waals surface area contributed by atoms with Gasteiger partial charge < -0.3 is 0 Å². The standard InChI is InChI=1S/C20H23N4O6Se.ClH/c1-4-29-18(25)15-11(3)23-14(10-22-20(21)31)17(19(26)30-5-2)16(15)12-7-6-8-13(9-12)24(27)28;/h6-9,16,23H,4-5,10H2,1-3H3,(H2,21,22);1H. The number of nitrogens with two attached hydrogens (primary N) is 1. The number of esters is 2. The molecule has 1 aliphatic rings. The molecule has 2 rings (SSSR count). The number of hydrogen-bond acceptors (Lipinski definition) is 8. The Bertz CT molecular complexity index is 988. The van der Waals surface area contributed by atoms with Crippen LogP contribution in [0.25, 0.3) is 0 Å². The van der Waals surface area contributed by atoms with Gasteiger partial charge in [0.15, 0.2) is 0 Å². The second-order valence-corrected chi connectivity index (χ2v) is 7.31. The first-order valence-corrected chi connectivity index (χ1v) is 10.3. The molecule has 1 unspecified atom stereocenters. The van der Waals surface area contributed by atoms with E-state index in [1.54, 1.807) is 26.8 Å². The Morgan fingerprint density at radius 2 is 1.81 bits per heavy atom. The van der Waals surface area contributed by atoms with Gasteiger partial charge in [-0.1, -0.05) is 0 Å². The summed E-state index contributed by atoms with van der Waals surface area (Å²) in [7, 11) is 0. The molecule has 0 spiro atoms. The fourth-order valence-corrected chi connectivity index (χ4v) is 3.39. The molecular formula is C20H24ClN4O6Se. The van der Waals surface area contributed by atoms with Crippen LogP contribution in [-0.2, 0) is 19.1 Å². The number of nitro benzene ring substituents is 1. The minimum Gasteiger partial charge on any atom is -0.147 e. The molecular weight excluding hydrogens is 507 g/mol. The zero-order valence-electron chi connectivity index (χ0n) is 17.7. The number of aliphatic imine (C=N–C) groups is 1. The Hall–Kier alpha value is -2.88. The molecule has 3 N–H and O–H groups in total. The molecule has 0 aromatic heterocycles. The first-order chi connectivity index (χ1) is 14.7. The molecule has 1 aliphatic heterocycles. The van der Waals surface area contributed by atoms with E-state index in [2.05, 4.69) is 26.3 Å². The van der Waals surface area contributed by atoms with E-state index in [9.17, 15) is 19.7 Å². The summed E-state index contributed by atoms with van der Waals surface area (Å²) in [6.45, 7) is 5.20. The molecule has 0 saturated carbocycles. The summed E-state index contributed by atoms with van der Waals surface area (Å²) in [6, 6.07) is 5.76. The zero-order valence-corrected chi connectivity index (χ0v) is 20.3. The number of allylic oxidation sites excluding steroid dienone is 1. The molecule has 32 heavy (non-hydrogen) atoms. The second-order valence-electron chi connectivity index (χ2n) is 6.44. The Labute approximate surface area is 199 Å². The normalized spacial score (nSPS) is 16.1. The van der Waals surface area contributed by atoms with Crippen molar-refractivity contribution in [2.75, 3.05) is 19.8 Å². The van der Waals surface area contributed by atoms with Gasteiger partial charge in [-0.2, -0.15) is 0 Å². The summed E-state index contributed by atoms with van der Waals surface area (Å²) in [5.41, 5.74) is 6.89. The van der Waals surface area contributed by atoms with Gasteiger partial charge in [-0.3, -0.25) is 0 Å². The van der Waals surface area contributed by atoms with E-state index in [1.165, 1.54) is 18.2 Å². The van der Waals surface area contributed by atoms with Crippen LogP contribution in [0.5, 0.6) is 0 Å². The van der Waals surface area contributed by atoms with Gasteiger partial charge in [0, 0.05) is 0 Å². The second kappa shape index (κ2) is 12.2. The molecule has 1 aromatic rings. The monoisotopic (exact) mass is 531 g/mol. The van der Waals surface area contributed by atoms with Crippen molar-refractivity contribution in [2.24, 2.45) is 10.7 Å². The predicted molar refractivity (Wildman–Crippen MR) is 121 cm³/mol. The summed E-state index contributed by atoms with van der Waals surface area (Å²) in [5, 5.41) is 14.4. The van der Waals surface area contributed by atoms with Crippen LogP contribution in [0.1, 0.15) is 32.3 Å². The van der Waals surface area contributed by atoms with E-state index in [0.717, 1.165) is 0 Å². The first-order valence-electron chi connectivity index (χ1n) is 9.47. The van der Waals surface area contributed by atoms with Crippen LogP contribution >= 0.6 is 12.4 Å².